The maximum atomic E-state index is 6.13. The number of ether oxygens (including phenoxy) is 3. The number of rotatable bonds is 2. The standard InChI is InChI=1S/C23H38O3.3CH4/c1-4-22-11-12-23(25-13-14-26-23)15-16(22)5-6-17-18-7-8-20(24-3)21(18,2)10-9-19(17)22;;;/h16-20H,4-15H2,1-3H3;3*1H4/t16-,17-,18-,19-,20-,21-,22-;;;/m0.../s1. The van der Waals surface area contributed by atoms with E-state index in [9.17, 15) is 0 Å². The molecule has 3 heteroatoms. The molecule has 5 rings (SSSR count). The van der Waals surface area contributed by atoms with Crippen molar-refractivity contribution in [3.63, 3.8) is 0 Å². The summed E-state index contributed by atoms with van der Waals surface area (Å²) in [5.41, 5.74) is 0.987. The van der Waals surface area contributed by atoms with Gasteiger partial charge in [-0.3, -0.25) is 0 Å². The van der Waals surface area contributed by atoms with Crippen molar-refractivity contribution < 1.29 is 14.2 Å². The minimum atomic E-state index is -0.214. The molecule has 1 saturated heterocycles. The highest BCUT2D eigenvalue weighted by Gasteiger charge is 2.63. The van der Waals surface area contributed by atoms with E-state index in [0.29, 0.717) is 16.9 Å². The van der Waals surface area contributed by atoms with Gasteiger partial charge in [0.25, 0.3) is 0 Å². The molecule has 5 aliphatic rings. The number of hydrogen-bond acceptors (Lipinski definition) is 3. The summed E-state index contributed by atoms with van der Waals surface area (Å²) in [5.74, 6) is 3.35. The molecule has 0 amide bonds. The first-order valence-corrected chi connectivity index (χ1v) is 11.4. The molecular weight excluding hydrogens is 360 g/mol. The van der Waals surface area contributed by atoms with Gasteiger partial charge in [0.15, 0.2) is 5.79 Å². The molecule has 4 saturated carbocycles. The topological polar surface area (TPSA) is 27.7 Å². The average Bonchev–Trinajstić information content (AvgIpc) is 3.25. The van der Waals surface area contributed by atoms with E-state index in [-0.39, 0.29) is 28.1 Å². The van der Waals surface area contributed by atoms with Crippen LogP contribution in [0.4, 0.5) is 0 Å². The van der Waals surface area contributed by atoms with Crippen molar-refractivity contribution in [2.75, 3.05) is 20.3 Å². The van der Waals surface area contributed by atoms with Gasteiger partial charge in [0, 0.05) is 20.0 Å². The maximum absolute atomic E-state index is 6.13. The van der Waals surface area contributed by atoms with E-state index < -0.39 is 0 Å². The first kappa shape index (κ1) is 25.1. The Bertz CT molecular complexity index is 542. The SMILES string of the molecule is C.C.C.CC[C@]12CCC3(C[C@@H]1CC[C@H]1[C@@H]4CC[C@H](OC)[C@@]4(C)CC[C@@H]12)OCCO3. The third kappa shape index (κ3) is 3.42. The number of methoxy groups -OCH3 is 1. The molecule has 0 aromatic rings. The van der Waals surface area contributed by atoms with Gasteiger partial charge in [0.1, 0.15) is 0 Å². The van der Waals surface area contributed by atoms with Gasteiger partial charge < -0.3 is 14.2 Å². The first-order valence-electron chi connectivity index (χ1n) is 11.4. The molecule has 0 bridgehead atoms. The summed E-state index contributed by atoms with van der Waals surface area (Å²) in [6.45, 7) is 6.63. The highest BCUT2D eigenvalue weighted by molar-refractivity contribution is 5.11. The van der Waals surface area contributed by atoms with Gasteiger partial charge in [0.05, 0.1) is 19.3 Å². The molecule has 1 aliphatic heterocycles. The van der Waals surface area contributed by atoms with Crippen LogP contribution >= 0.6 is 0 Å². The largest absolute Gasteiger partial charge is 0.381 e. The summed E-state index contributed by atoms with van der Waals surface area (Å²) >= 11 is 0. The van der Waals surface area contributed by atoms with Crippen molar-refractivity contribution in [1.29, 1.82) is 0 Å². The molecule has 5 fully saturated rings. The van der Waals surface area contributed by atoms with Crippen molar-refractivity contribution in [3.05, 3.63) is 0 Å². The van der Waals surface area contributed by atoms with Crippen LogP contribution in [-0.4, -0.2) is 32.2 Å². The van der Waals surface area contributed by atoms with Gasteiger partial charge in [-0.2, -0.15) is 0 Å². The lowest BCUT2D eigenvalue weighted by atomic mass is 9.43. The van der Waals surface area contributed by atoms with Crippen molar-refractivity contribution >= 4 is 0 Å². The monoisotopic (exact) mass is 410 g/mol. The second-order valence-corrected chi connectivity index (χ2v) is 10.4. The molecule has 0 aromatic heterocycles. The van der Waals surface area contributed by atoms with E-state index in [1.165, 1.54) is 51.4 Å². The average molecular weight is 411 g/mol. The normalized spacial score (nSPS) is 47.1. The van der Waals surface area contributed by atoms with Crippen LogP contribution in [-0.2, 0) is 14.2 Å². The quantitative estimate of drug-likeness (QED) is 0.486. The van der Waals surface area contributed by atoms with Gasteiger partial charge in [-0.05, 0) is 85.9 Å². The molecule has 0 unspecified atom stereocenters. The van der Waals surface area contributed by atoms with E-state index in [0.717, 1.165) is 49.7 Å². The minimum Gasteiger partial charge on any atom is -0.381 e. The Kier molecular flexibility index (Phi) is 7.62. The van der Waals surface area contributed by atoms with Crippen LogP contribution in [0, 0.1) is 34.5 Å². The van der Waals surface area contributed by atoms with E-state index in [1.54, 1.807) is 0 Å². The van der Waals surface area contributed by atoms with Crippen LogP contribution in [0.25, 0.3) is 0 Å². The van der Waals surface area contributed by atoms with E-state index in [2.05, 4.69) is 13.8 Å². The summed E-state index contributed by atoms with van der Waals surface area (Å²) in [5, 5.41) is 0. The summed E-state index contributed by atoms with van der Waals surface area (Å²) in [6.07, 6.45) is 13.8. The fourth-order valence-electron chi connectivity index (χ4n) is 8.81. The molecule has 1 spiro atoms. The zero-order valence-corrected chi connectivity index (χ0v) is 17.1. The van der Waals surface area contributed by atoms with Crippen LogP contribution in [0.2, 0.25) is 0 Å². The molecule has 29 heavy (non-hydrogen) atoms. The van der Waals surface area contributed by atoms with Crippen molar-refractivity contribution in [3.8, 4) is 0 Å². The molecule has 0 aromatic carbocycles. The Morgan fingerprint density at radius 1 is 0.862 bits per heavy atom. The predicted octanol–water partition coefficient (Wildman–Crippen LogP) is 7.09. The summed E-state index contributed by atoms with van der Waals surface area (Å²) in [7, 11) is 1.94. The van der Waals surface area contributed by atoms with E-state index >= 15 is 0 Å². The summed E-state index contributed by atoms with van der Waals surface area (Å²) in [4.78, 5) is 0. The Labute approximate surface area is 181 Å². The molecule has 1 heterocycles. The molecule has 172 valence electrons. The summed E-state index contributed by atoms with van der Waals surface area (Å²) < 4.78 is 18.2. The van der Waals surface area contributed by atoms with Crippen LogP contribution < -0.4 is 0 Å². The zero-order valence-electron chi connectivity index (χ0n) is 17.1. The highest BCUT2D eigenvalue weighted by Crippen LogP contribution is 2.68. The van der Waals surface area contributed by atoms with Gasteiger partial charge >= 0.3 is 0 Å². The van der Waals surface area contributed by atoms with Crippen molar-refractivity contribution in [2.24, 2.45) is 34.5 Å². The number of hydrogen-bond donors (Lipinski definition) is 0. The van der Waals surface area contributed by atoms with Gasteiger partial charge in [0.2, 0.25) is 0 Å². The van der Waals surface area contributed by atoms with Gasteiger partial charge in [-0.1, -0.05) is 36.1 Å². The minimum absolute atomic E-state index is 0. The molecule has 0 radical (unpaired) electrons. The third-order valence-electron chi connectivity index (χ3n) is 10.0. The van der Waals surface area contributed by atoms with Crippen LogP contribution in [0.1, 0.15) is 100 Å². The van der Waals surface area contributed by atoms with Crippen molar-refractivity contribution in [2.45, 2.75) is 112 Å². The van der Waals surface area contributed by atoms with Crippen LogP contribution in [0.3, 0.4) is 0 Å². The molecular formula is C26H50O3. The lowest BCUT2D eigenvalue weighted by Gasteiger charge is -2.62. The maximum Gasteiger partial charge on any atom is 0.168 e. The lowest BCUT2D eigenvalue weighted by Crippen LogP contribution is -2.57. The van der Waals surface area contributed by atoms with Crippen molar-refractivity contribution in [1.82, 2.24) is 0 Å². The van der Waals surface area contributed by atoms with E-state index in [4.69, 9.17) is 14.2 Å². The Hall–Kier alpha value is -0.120. The Morgan fingerprint density at radius 3 is 2.24 bits per heavy atom. The van der Waals surface area contributed by atoms with Crippen LogP contribution in [0.15, 0.2) is 0 Å². The summed E-state index contributed by atoms with van der Waals surface area (Å²) in [6, 6.07) is 0. The second kappa shape index (κ2) is 8.79. The Balaban J connectivity index is 0.000001000. The number of fused-ring (bicyclic) bond motifs is 5. The smallest absolute Gasteiger partial charge is 0.168 e. The Morgan fingerprint density at radius 2 is 1.59 bits per heavy atom. The predicted molar refractivity (Wildman–Crippen MR) is 122 cm³/mol. The van der Waals surface area contributed by atoms with Gasteiger partial charge in [-0.25, -0.2) is 0 Å². The first-order chi connectivity index (χ1) is 12.6. The van der Waals surface area contributed by atoms with Crippen LogP contribution in [0.5, 0.6) is 0 Å². The molecule has 7 atom stereocenters. The molecule has 0 N–H and O–H groups in total. The highest BCUT2D eigenvalue weighted by atomic mass is 16.7. The van der Waals surface area contributed by atoms with E-state index in [1.807, 2.05) is 7.11 Å². The molecule has 3 nitrogen and oxygen atoms in total. The fourth-order valence-corrected chi connectivity index (χ4v) is 8.81. The zero-order chi connectivity index (χ0) is 18.0. The third-order valence-corrected chi connectivity index (χ3v) is 10.0. The lowest BCUT2D eigenvalue weighted by molar-refractivity contribution is -0.234. The second-order valence-electron chi connectivity index (χ2n) is 10.4. The van der Waals surface area contributed by atoms with Gasteiger partial charge in [-0.15, -0.1) is 0 Å². The fraction of sp³-hybridized carbons (Fsp3) is 1.00. The molecule has 4 aliphatic carbocycles.